The maximum Gasteiger partial charge on any atom is 0.262 e. The normalized spacial score (nSPS) is 19.4. The van der Waals surface area contributed by atoms with Crippen LogP contribution in [0.5, 0.6) is 5.75 Å². The summed E-state index contributed by atoms with van der Waals surface area (Å²) in [6.45, 7) is 9.37. The predicted octanol–water partition coefficient (Wildman–Crippen LogP) is 6.49. The van der Waals surface area contributed by atoms with E-state index in [1.807, 2.05) is 36.4 Å². The average molecular weight is 823 g/mol. The van der Waals surface area contributed by atoms with Crippen molar-refractivity contribution in [3.05, 3.63) is 88.6 Å². The fraction of sp³-hybridized carbons (Fsp3) is 0.395. The Labute approximate surface area is 344 Å². The lowest BCUT2D eigenvalue weighted by atomic mass is 9.87. The summed E-state index contributed by atoms with van der Waals surface area (Å²) >= 11 is 6.51. The Hall–Kier alpha value is -5.10. The Morgan fingerprint density at radius 3 is 2.36 bits per heavy atom. The number of piperidine rings is 3. The fourth-order valence-electron chi connectivity index (χ4n) is 8.64. The smallest absolute Gasteiger partial charge is 0.262 e. The maximum absolute atomic E-state index is 13.4. The maximum atomic E-state index is 13.4. The van der Waals surface area contributed by atoms with Gasteiger partial charge >= 0.3 is 0 Å². The Morgan fingerprint density at radius 2 is 1.62 bits per heavy atom. The van der Waals surface area contributed by atoms with E-state index in [2.05, 4.69) is 62.3 Å². The number of aromatic nitrogens is 2. The highest BCUT2D eigenvalue weighted by molar-refractivity contribution is 7.64. The molecule has 4 aliphatic rings. The molecule has 4 aliphatic heterocycles. The molecular weight excluding hydrogens is 775 g/mol. The first-order valence-electron chi connectivity index (χ1n) is 19.9. The summed E-state index contributed by atoms with van der Waals surface area (Å²) in [7, 11) is 1.34. The van der Waals surface area contributed by atoms with Gasteiger partial charge in [0.1, 0.15) is 16.8 Å². The Kier molecular flexibility index (Phi) is 11.6. The summed E-state index contributed by atoms with van der Waals surface area (Å²) in [4.78, 5) is 65.8. The van der Waals surface area contributed by atoms with Crippen LogP contribution >= 0.6 is 19.5 Å². The first-order valence-corrected chi connectivity index (χ1v) is 22.5. The lowest BCUT2D eigenvalue weighted by Gasteiger charge is -2.38. The number of halogens is 1. The van der Waals surface area contributed by atoms with E-state index in [0.29, 0.717) is 45.5 Å². The van der Waals surface area contributed by atoms with Crippen LogP contribution in [-0.2, 0) is 9.59 Å². The van der Waals surface area contributed by atoms with Crippen molar-refractivity contribution in [2.45, 2.75) is 50.5 Å². The first-order chi connectivity index (χ1) is 28.1. The number of nitrogens with zero attached hydrogens (tertiary/aromatic N) is 5. The predicted molar refractivity (Wildman–Crippen MR) is 228 cm³/mol. The second-order valence-electron chi connectivity index (χ2n) is 15.7. The molecule has 58 heavy (non-hydrogen) atoms. The summed E-state index contributed by atoms with van der Waals surface area (Å²) in [5.74, 6) is 0.650. The number of benzene rings is 3. The number of ether oxygens (including phenoxy) is 1. The van der Waals surface area contributed by atoms with Crippen LogP contribution in [0.25, 0.3) is 0 Å². The number of amides is 4. The Bertz CT molecular complexity index is 2240. The molecule has 1 atom stereocenters. The molecule has 3 saturated heterocycles. The van der Waals surface area contributed by atoms with Gasteiger partial charge < -0.3 is 25.2 Å². The highest BCUT2D eigenvalue weighted by Crippen LogP contribution is 2.37. The van der Waals surface area contributed by atoms with Crippen LogP contribution in [0, 0.1) is 5.92 Å². The van der Waals surface area contributed by atoms with Crippen molar-refractivity contribution in [2.24, 2.45) is 5.92 Å². The number of likely N-dealkylation sites (tertiary alicyclic amines) is 1. The highest BCUT2D eigenvalue weighted by atomic mass is 35.5. The van der Waals surface area contributed by atoms with Crippen LogP contribution in [-0.4, -0.2) is 103 Å². The molecule has 3 aromatic carbocycles. The van der Waals surface area contributed by atoms with Crippen molar-refractivity contribution in [1.29, 1.82) is 0 Å². The number of fused-ring (bicyclic) bond motifs is 1. The van der Waals surface area contributed by atoms with Crippen molar-refractivity contribution in [3.8, 4) is 5.75 Å². The summed E-state index contributed by atoms with van der Waals surface area (Å²) < 4.78 is 5.82. The zero-order chi connectivity index (χ0) is 40.5. The number of nitrogens with one attached hydrogen (secondary N) is 3. The topological polar surface area (TPSA) is 149 Å². The minimum absolute atomic E-state index is 0.103. The van der Waals surface area contributed by atoms with E-state index in [9.17, 15) is 19.2 Å². The van der Waals surface area contributed by atoms with Crippen LogP contribution in [0.1, 0.15) is 70.7 Å². The van der Waals surface area contributed by atoms with Gasteiger partial charge in [0, 0.05) is 43.5 Å². The molecule has 1 aromatic heterocycles. The van der Waals surface area contributed by atoms with Gasteiger partial charge in [-0.05, 0) is 112 Å². The zero-order valence-corrected chi connectivity index (χ0v) is 34.6. The van der Waals surface area contributed by atoms with E-state index in [1.165, 1.54) is 5.30 Å². The third-order valence-electron chi connectivity index (χ3n) is 11.8. The van der Waals surface area contributed by atoms with Crippen LogP contribution in [0.2, 0.25) is 5.02 Å². The molecular formula is C43H48ClN8O5P. The number of carbonyl (C=O) groups excluding carboxylic acids is 4. The molecule has 13 nitrogen and oxygen atoms in total. The van der Waals surface area contributed by atoms with Crippen LogP contribution in [0.4, 0.5) is 28.8 Å². The molecule has 4 aromatic rings. The number of para-hydroxylation sites is 1. The second kappa shape index (κ2) is 17.0. The first kappa shape index (κ1) is 39.7. The number of hydrogen-bond donors (Lipinski definition) is 3. The van der Waals surface area contributed by atoms with E-state index in [4.69, 9.17) is 21.3 Å². The van der Waals surface area contributed by atoms with E-state index in [1.54, 1.807) is 19.4 Å². The largest absolute Gasteiger partial charge is 0.494 e. The number of hydrogen-bond acceptors (Lipinski definition) is 11. The molecule has 15 heteroatoms. The number of anilines is 5. The zero-order valence-electron chi connectivity index (χ0n) is 33.0. The number of imide groups is 2. The number of rotatable bonds is 11. The molecule has 0 saturated carbocycles. The lowest BCUT2D eigenvalue weighted by molar-refractivity contribution is -0.136. The minimum Gasteiger partial charge on any atom is -0.494 e. The SMILES string of the molecule is COc1cc(N2CCC(CN3CCC(c4ccc5c(c4)C(=O)N(C4CCC(=O)NC4=O)C5=O)CC3)CC2)ccc1Nc1ncc(Cl)c(Nc2ccccc2P(C)C)n1. The van der Waals surface area contributed by atoms with E-state index in [-0.39, 0.29) is 26.7 Å². The number of carbonyl (C=O) groups is 4. The fourth-order valence-corrected chi connectivity index (χ4v) is 9.78. The van der Waals surface area contributed by atoms with Gasteiger partial charge in [-0.2, -0.15) is 4.98 Å². The summed E-state index contributed by atoms with van der Waals surface area (Å²) in [5.41, 5.74) is 4.59. The molecule has 0 aliphatic carbocycles. The van der Waals surface area contributed by atoms with E-state index in [0.717, 1.165) is 85.9 Å². The molecule has 0 radical (unpaired) electrons. The van der Waals surface area contributed by atoms with Crippen molar-refractivity contribution < 1.29 is 23.9 Å². The van der Waals surface area contributed by atoms with Crippen molar-refractivity contribution in [1.82, 2.24) is 25.1 Å². The van der Waals surface area contributed by atoms with Crippen LogP contribution < -0.4 is 30.9 Å². The molecule has 3 N–H and O–H groups in total. The Balaban J connectivity index is 0.828. The molecule has 8 rings (SSSR count). The van der Waals surface area contributed by atoms with Gasteiger partial charge in [-0.1, -0.05) is 43.8 Å². The monoisotopic (exact) mass is 822 g/mol. The molecule has 5 heterocycles. The molecule has 4 amide bonds. The van der Waals surface area contributed by atoms with E-state index >= 15 is 0 Å². The quantitative estimate of drug-likeness (QED) is 0.113. The van der Waals surface area contributed by atoms with Crippen molar-refractivity contribution in [2.75, 3.05) is 68.7 Å². The summed E-state index contributed by atoms with van der Waals surface area (Å²) in [6, 6.07) is 19.0. The van der Waals surface area contributed by atoms with Gasteiger partial charge in [0.25, 0.3) is 11.8 Å². The van der Waals surface area contributed by atoms with Gasteiger partial charge in [0.05, 0.1) is 30.1 Å². The molecule has 0 spiro atoms. The summed E-state index contributed by atoms with van der Waals surface area (Å²) in [5, 5.41) is 10.7. The molecule has 302 valence electrons. The van der Waals surface area contributed by atoms with Crippen LogP contribution in [0.15, 0.2) is 66.9 Å². The molecule has 3 fully saturated rings. The van der Waals surface area contributed by atoms with Gasteiger partial charge in [0.2, 0.25) is 17.8 Å². The van der Waals surface area contributed by atoms with Gasteiger partial charge in [-0.25, -0.2) is 4.98 Å². The van der Waals surface area contributed by atoms with E-state index < -0.39 is 23.8 Å². The average Bonchev–Trinajstić information content (AvgIpc) is 3.47. The standard InChI is InChI=1S/C43H48ClN8O5P/c1-57-36-23-29(9-11-33(36)47-43-45-24-32(44)39(49-43)46-34-6-4-5-7-37(34)58(2)3)51-20-14-26(15-21-51)25-50-18-16-27(17-19-50)28-8-10-30-31(22-28)42(56)52(41(30)55)35-12-13-38(53)48-40(35)54/h4-11,22-24,26-27,35H,12-21,25H2,1-3H3,(H,48,53,54)(H2,45,46,47,49). The lowest BCUT2D eigenvalue weighted by Crippen LogP contribution is -2.54. The highest BCUT2D eigenvalue weighted by Gasteiger charge is 2.45. The van der Waals surface area contributed by atoms with Gasteiger partial charge in [0.15, 0.2) is 5.82 Å². The summed E-state index contributed by atoms with van der Waals surface area (Å²) in [6.07, 6.45) is 6.00. The third-order valence-corrected chi connectivity index (χ3v) is 13.5. The Morgan fingerprint density at radius 1 is 0.862 bits per heavy atom. The molecule has 0 bridgehead atoms. The minimum atomic E-state index is -0.956. The molecule has 1 unspecified atom stereocenters. The number of methoxy groups -OCH3 is 1. The van der Waals surface area contributed by atoms with Crippen molar-refractivity contribution in [3.63, 3.8) is 0 Å². The van der Waals surface area contributed by atoms with Crippen LogP contribution in [0.3, 0.4) is 0 Å². The third kappa shape index (κ3) is 8.26. The van der Waals surface area contributed by atoms with Gasteiger partial charge in [-0.15, -0.1) is 0 Å². The second-order valence-corrected chi connectivity index (χ2v) is 18.4. The van der Waals surface area contributed by atoms with Gasteiger partial charge in [-0.3, -0.25) is 29.4 Å². The van der Waals surface area contributed by atoms with Crippen molar-refractivity contribution >= 4 is 77.3 Å².